The third-order valence-corrected chi connectivity index (χ3v) is 10.3. The van der Waals surface area contributed by atoms with Gasteiger partial charge < -0.3 is 20.1 Å². The molecule has 2 atom stereocenters. The Kier molecular flexibility index (Phi) is 8.12. The molecule has 1 fully saturated rings. The van der Waals surface area contributed by atoms with E-state index in [1.54, 1.807) is 6.07 Å². The summed E-state index contributed by atoms with van der Waals surface area (Å²) in [5.41, 5.74) is 8.26. The van der Waals surface area contributed by atoms with Crippen LogP contribution in [0.2, 0.25) is 0 Å². The molecule has 6 nitrogen and oxygen atoms in total. The van der Waals surface area contributed by atoms with Crippen molar-refractivity contribution >= 4 is 62.9 Å². The number of ether oxygens (including phenoxy) is 1. The summed E-state index contributed by atoms with van der Waals surface area (Å²) < 4.78 is 6.25. The Bertz CT molecular complexity index is 1720. The zero-order valence-corrected chi connectivity index (χ0v) is 27.3. The van der Waals surface area contributed by atoms with Gasteiger partial charge in [-0.2, -0.15) is 0 Å². The number of nitrogens with one attached hydrogen (secondary N) is 1. The lowest BCUT2D eigenvalue weighted by Gasteiger charge is -2.43. The third-order valence-electron chi connectivity index (χ3n) is 8.53. The van der Waals surface area contributed by atoms with Crippen LogP contribution in [0.25, 0.3) is 6.08 Å². The number of halogens is 1. The highest BCUT2D eigenvalue weighted by Crippen LogP contribution is 2.50. The monoisotopic (exact) mass is 713 g/mol. The number of carbonyl (C=O) groups excluding carboxylic acids is 1. The first-order valence-electron chi connectivity index (χ1n) is 15.0. The number of amides is 1. The van der Waals surface area contributed by atoms with Crippen molar-refractivity contribution in [2.24, 2.45) is 4.99 Å². The van der Waals surface area contributed by atoms with Gasteiger partial charge in [0, 0.05) is 30.6 Å². The molecule has 2 N–H and O–H groups in total. The molecule has 4 aromatic carbocycles. The van der Waals surface area contributed by atoms with Gasteiger partial charge in [0.25, 0.3) is 5.91 Å². The van der Waals surface area contributed by atoms with E-state index in [1.165, 1.54) is 39.7 Å². The number of rotatable bonds is 6. The second-order valence-corrected chi connectivity index (χ2v) is 13.4. The molecule has 4 aromatic rings. The number of benzene rings is 4. The van der Waals surface area contributed by atoms with Crippen molar-refractivity contribution in [1.82, 2.24) is 5.32 Å². The molecule has 1 amide bonds. The summed E-state index contributed by atoms with van der Waals surface area (Å²) in [6.07, 6.45) is 3.93. The molecule has 0 spiro atoms. The Balaban J connectivity index is 1.29. The second kappa shape index (κ2) is 12.3. The van der Waals surface area contributed by atoms with E-state index >= 15 is 0 Å². The minimum atomic E-state index is -0.190. The number of phenolic OH excluding ortho intramolecular Hbond substituents is 1. The number of nitrogens with zero attached hydrogens (tertiary/aromatic N) is 2. The molecule has 3 aliphatic heterocycles. The van der Waals surface area contributed by atoms with Crippen molar-refractivity contribution in [3.8, 4) is 11.5 Å². The van der Waals surface area contributed by atoms with E-state index in [-0.39, 0.29) is 23.5 Å². The topological polar surface area (TPSA) is 74.2 Å². The van der Waals surface area contributed by atoms with E-state index in [0.29, 0.717) is 26.0 Å². The predicted octanol–water partition coefficient (Wildman–Crippen LogP) is 8.16. The summed E-state index contributed by atoms with van der Waals surface area (Å²) in [5, 5.41) is 13.9. The summed E-state index contributed by atoms with van der Waals surface area (Å²) in [4.78, 5) is 21.2. The van der Waals surface area contributed by atoms with Gasteiger partial charge in [-0.25, -0.2) is 4.99 Å². The highest BCUT2D eigenvalue weighted by atomic mass is 127. The molecular formula is C36H32IN3O3S. The molecule has 44 heavy (non-hydrogen) atoms. The van der Waals surface area contributed by atoms with Crippen LogP contribution in [0, 0.1) is 3.57 Å². The number of amidine groups is 1. The van der Waals surface area contributed by atoms with Crippen LogP contribution >= 0.6 is 34.4 Å². The van der Waals surface area contributed by atoms with Crippen LogP contribution in [-0.2, 0) is 4.79 Å². The van der Waals surface area contributed by atoms with E-state index < -0.39 is 0 Å². The summed E-state index contributed by atoms with van der Waals surface area (Å²) in [5.74, 6) is 0.895. The Hall–Kier alpha value is -3.76. The number of hydrogen-bond acceptors (Lipinski definition) is 6. The number of phenols is 1. The van der Waals surface area contributed by atoms with Gasteiger partial charge in [-0.15, -0.1) is 0 Å². The van der Waals surface area contributed by atoms with Crippen LogP contribution in [0.4, 0.5) is 11.4 Å². The zero-order chi connectivity index (χ0) is 30.2. The lowest BCUT2D eigenvalue weighted by molar-refractivity contribution is -0.115. The molecule has 8 heteroatoms. The largest absolute Gasteiger partial charge is 0.504 e. The molecule has 0 aromatic heterocycles. The van der Waals surface area contributed by atoms with Crippen molar-refractivity contribution in [2.45, 2.75) is 31.6 Å². The van der Waals surface area contributed by atoms with Gasteiger partial charge in [-0.1, -0.05) is 60.7 Å². The van der Waals surface area contributed by atoms with Gasteiger partial charge in [-0.3, -0.25) is 4.79 Å². The standard InChI is InChI=1S/C36H32IN3O3S/c1-2-43-31-18-22(17-30(37)34(31)41)19-32-35(42)39-36(44-32)38-25-20-28-26(23-9-5-3-6-10-23)13-15-40-16-14-27(29(21-25)33(28)40)24-11-7-4-8-12-24/h3-12,17-21,26-27,41H,2,13-16H2,1H3,(H,38,39,42)/b32-19-/t26-,27+. The maximum Gasteiger partial charge on any atom is 0.264 e. The Morgan fingerprint density at radius 1 is 0.977 bits per heavy atom. The molecule has 3 heterocycles. The number of carbonyl (C=O) groups is 1. The summed E-state index contributed by atoms with van der Waals surface area (Å²) in [7, 11) is 0. The van der Waals surface area contributed by atoms with E-state index in [9.17, 15) is 9.90 Å². The minimum absolute atomic E-state index is 0.109. The van der Waals surface area contributed by atoms with Crippen LogP contribution in [0.1, 0.15) is 59.4 Å². The van der Waals surface area contributed by atoms with Gasteiger partial charge in [0.05, 0.1) is 20.8 Å². The fourth-order valence-electron chi connectivity index (χ4n) is 6.60. The molecule has 0 unspecified atom stereocenters. The summed E-state index contributed by atoms with van der Waals surface area (Å²) in [6.45, 7) is 4.38. The first-order chi connectivity index (χ1) is 21.5. The number of anilines is 1. The number of aromatic hydroxyl groups is 1. The summed E-state index contributed by atoms with van der Waals surface area (Å²) >= 11 is 3.41. The molecule has 3 aliphatic rings. The lowest BCUT2D eigenvalue weighted by atomic mass is 9.76. The van der Waals surface area contributed by atoms with E-state index in [1.807, 2.05) is 19.1 Å². The van der Waals surface area contributed by atoms with Crippen molar-refractivity contribution in [3.05, 3.63) is 121 Å². The SMILES string of the molecule is CCOc1cc(/C=C2\SC(=Nc3cc4c5c(c3)[C@H](c3ccccc3)CCN5CC[C@@H]4c3ccccc3)NC2=O)cc(I)c1O. The molecule has 0 bridgehead atoms. The Labute approximate surface area is 275 Å². The van der Waals surface area contributed by atoms with Crippen LogP contribution < -0.4 is 15.0 Å². The van der Waals surface area contributed by atoms with Crippen molar-refractivity contribution in [3.63, 3.8) is 0 Å². The van der Waals surface area contributed by atoms with Crippen LogP contribution in [0.15, 0.2) is 94.8 Å². The summed E-state index contributed by atoms with van der Waals surface area (Å²) in [6, 6.07) is 29.6. The molecule has 222 valence electrons. The number of hydrogen-bond donors (Lipinski definition) is 2. The fourth-order valence-corrected chi connectivity index (χ4v) is 8.06. The average molecular weight is 714 g/mol. The first kappa shape index (κ1) is 29.0. The van der Waals surface area contributed by atoms with Gasteiger partial charge >= 0.3 is 0 Å². The maximum atomic E-state index is 13.1. The highest BCUT2D eigenvalue weighted by Gasteiger charge is 2.35. The Morgan fingerprint density at radius 3 is 2.18 bits per heavy atom. The number of thioether (sulfide) groups is 1. The van der Waals surface area contributed by atoms with Crippen LogP contribution in [0.3, 0.4) is 0 Å². The van der Waals surface area contributed by atoms with E-state index in [4.69, 9.17) is 9.73 Å². The van der Waals surface area contributed by atoms with Crippen LogP contribution in [0.5, 0.6) is 11.5 Å². The Morgan fingerprint density at radius 2 is 1.59 bits per heavy atom. The smallest absolute Gasteiger partial charge is 0.264 e. The predicted molar refractivity (Wildman–Crippen MR) is 187 cm³/mol. The quantitative estimate of drug-likeness (QED) is 0.156. The zero-order valence-electron chi connectivity index (χ0n) is 24.3. The third kappa shape index (κ3) is 5.61. The van der Waals surface area contributed by atoms with Gasteiger partial charge in [0.15, 0.2) is 16.7 Å². The normalized spacial score (nSPS) is 21.0. The minimum Gasteiger partial charge on any atom is -0.504 e. The van der Waals surface area contributed by atoms with Crippen molar-refractivity contribution in [1.29, 1.82) is 0 Å². The van der Waals surface area contributed by atoms with Crippen molar-refractivity contribution in [2.75, 3.05) is 24.6 Å². The molecule has 0 saturated carbocycles. The second-order valence-electron chi connectivity index (χ2n) is 11.2. The average Bonchev–Trinajstić information content (AvgIpc) is 3.38. The highest BCUT2D eigenvalue weighted by molar-refractivity contribution is 14.1. The van der Waals surface area contributed by atoms with Gasteiger partial charge in [0.1, 0.15) is 0 Å². The van der Waals surface area contributed by atoms with E-state index in [2.05, 4.69) is 106 Å². The fraction of sp³-hybridized carbons (Fsp3) is 0.222. The molecular weight excluding hydrogens is 681 g/mol. The molecule has 1 saturated heterocycles. The first-order valence-corrected chi connectivity index (χ1v) is 16.9. The molecule has 0 aliphatic carbocycles. The molecule has 7 rings (SSSR count). The van der Waals surface area contributed by atoms with Gasteiger partial charge in [0.2, 0.25) is 0 Å². The van der Waals surface area contributed by atoms with Gasteiger partial charge in [-0.05, 0) is 112 Å². The lowest BCUT2D eigenvalue weighted by Crippen LogP contribution is -2.37. The number of aliphatic imine (C=N–C) groups is 1. The van der Waals surface area contributed by atoms with E-state index in [0.717, 1.165) is 37.2 Å². The molecule has 0 radical (unpaired) electrons. The van der Waals surface area contributed by atoms with Crippen LogP contribution in [-0.4, -0.2) is 35.9 Å². The maximum absolute atomic E-state index is 13.1. The van der Waals surface area contributed by atoms with Crippen molar-refractivity contribution < 1.29 is 14.6 Å².